The number of carbonyl (C=O) groups is 1. The van der Waals surface area contributed by atoms with Crippen LogP contribution in [0, 0.1) is 0 Å². The van der Waals surface area contributed by atoms with E-state index in [-0.39, 0.29) is 5.78 Å². The number of nitrogens with one attached hydrogen (secondary N) is 1. The molecule has 2 aliphatic rings. The molecule has 27 heavy (non-hydrogen) atoms. The maximum atomic E-state index is 13.0. The lowest BCUT2D eigenvalue weighted by molar-refractivity contribution is -0.116. The lowest BCUT2D eigenvalue weighted by Crippen LogP contribution is -2.30. The second-order valence-corrected chi connectivity index (χ2v) is 7.87. The topological polar surface area (TPSA) is 59.3 Å². The molecule has 4 nitrogen and oxygen atoms in total. The highest BCUT2D eigenvalue weighted by Gasteiger charge is 2.38. The van der Waals surface area contributed by atoms with Gasteiger partial charge in [0.2, 0.25) is 0 Å². The van der Waals surface area contributed by atoms with E-state index in [2.05, 4.69) is 21.2 Å². The van der Waals surface area contributed by atoms with Crippen molar-refractivity contribution in [3.63, 3.8) is 0 Å². The lowest BCUT2D eigenvalue weighted by Gasteiger charge is -2.33. The van der Waals surface area contributed by atoms with Crippen molar-refractivity contribution in [2.75, 3.05) is 5.32 Å². The zero-order valence-electron chi connectivity index (χ0n) is 14.4. The number of rotatable bonds is 1. The van der Waals surface area contributed by atoms with E-state index in [1.54, 1.807) is 6.07 Å². The molecule has 5 rings (SSSR count). The Bertz CT molecular complexity index is 1170. The molecule has 5 heteroatoms. The predicted octanol–water partition coefficient (Wildman–Crippen LogP) is 5.12. The predicted molar refractivity (Wildman–Crippen MR) is 108 cm³/mol. The molecule has 1 aliphatic carbocycles. The van der Waals surface area contributed by atoms with Crippen LogP contribution in [0.25, 0.3) is 11.0 Å². The molecule has 0 radical (unpaired) electrons. The Labute approximate surface area is 164 Å². The van der Waals surface area contributed by atoms with Crippen molar-refractivity contribution in [3.8, 4) is 0 Å². The molecule has 0 saturated heterocycles. The maximum Gasteiger partial charge on any atom is 0.342 e. The Balaban J connectivity index is 1.85. The summed E-state index contributed by atoms with van der Waals surface area (Å²) in [7, 11) is 0. The lowest BCUT2D eigenvalue weighted by atomic mass is 9.75. The summed E-state index contributed by atoms with van der Waals surface area (Å²) in [4.78, 5) is 25.8. The third-order valence-electron chi connectivity index (χ3n) is 5.36. The van der Waals surface area contributed by atoms with Crippen LogP contribution in [0.4, 0.5) is 5.69 Å². The molecule has 0 bridgehead atoms. The maximum absolute atomic E-state index is 13.0. The highest BCUT2D eigenvalue weighted by Crippen LogP contribution is 2.46. The summed E-state index contributed by atoms with van der Waals surface area (Å²) in [5.41, 5.74) is 4.00. The first-order chi connectivity index (χ1) is 13.1. The van der Waals surface area contributed by atoms with Crippen molar-refractivity contribution < 1.29 is 9.21 Å². The molecule has 1 aromatic heterocycles. The molecule has 3 aromatic rings. The van der Waals surface area contributed by atoms with E-state index in [1.807, 2.05) is 42.5 Å². The molecule has 1 aliphatic heterocycles. The molecule has 0 saturated carbocycles. The SMILES string of the molecule is O=C1CCCC2=C1C(c1ccc(Br)cc1)c1c(c3ccccc3oc1=O)N2. The summed E-state index contributed by atoms with van der Waals surface area (Å²) in [6, 6.07) is 15.3. The summed E-state index contributed by atoms with van der Waals surface area (Å²) in [6.45, 7) is 0. The second-order valence-electron chi connectivity index (χ2n) is 6.95. The number of Topliss-reactive ketones (excluding diaryl/α,β-unsaturated/α-hetero) is 1. The van der Waals surface area contributed by atoms with Crippen molar-refractivity contribution in [1.29, 1.82) is 0 Å². The molecule has 0 fully saturated rings. The second kappa shape index (κ2) is 6.20. The van der Waals surface area contributed by atoms with Gasteiger partial charge in [0, 0.05) is 33.5 Å². The van der Waals surface area contributed by atoms with Crippen LogP contribution < -0.4 is 10.9 Å². The summed E-state index contributed by atoms with van der Waals surface area (Å²) in [5.74, 6) is -0.298. The van der Waals surface area contributed by atoms with E-state index in [4.69, 9.17) is 4.42 Å². The van der Waals surface area contributed by atoms with Crippen molar-refractivity contribution >= 4 is 38.4 Å². The minimum atomic E-state index is -0.405. The van der Waals surface area contributed by atoms with Crippen molar-refractivity contribution in [3.05, 3.63) is 85.8 Å². The van der Waals surface area contributed by atoms with Crippen molar-refractivity contribution in [2.45, 2.75) is 25.2 Å². The average Bonchev–Trinajstić information content (AvgIpc) is 2.68. The van der Waals surface area contributed by atoms with Crippen LogP contribution in [0.3, 0.4) is 0 Å². The van der Waals surface area contributed by atoms with Crippen LogP contribution in [0.2, 0.25) is 0 Å². The number of halogens is 1. The fourth-order valence-corrected chi connectivity index (χ4v) is 4.44. The summed E-state index contributed by atoms with van der Waals surface area (Å²) in [6.07, 6.45) is 2.15. The molecule has 0 amide bonds. The van der Waals surface area contributed by atoms with Gasteiger partial charge in [0.25, 0.3) is 0 Å². The van der Waals surface area contributed by atoms with Gasteiger partial charge < -0.3 is 9.73 Å². The minimum Gasteiger partial charge on any atom is -0.422 e. The highest BCUT2D eigenvalue weighted by molar-refractivity contribution is 9.10. The first-order valence-electron chi connectivity index (χ1n) is 8.98. The smallest absolute Gasteiger partial charge is 0.342 e. The Morgan fingerprint density at radius 2 is 1.78 bits per heavy atom. The summed E-state index contributed by atoms with van der Waals surface area (Å²) in [5, 5.41) is 4.27. The molecule has 134 valence electrons. The highest BCUT2D eigenvalue weighted by atomic mass is 79.9. The van der Waals surface area contributed by atoms with E-state index in [0.717, 1.165) is 39.6 Å². The van der Waals surface area contributed by atoms with Gasteiger partial charge in [-0.25, -0.2) is 4.79 Å². The number of benzene rings is 2. The Hall–Kier alpha value is -2.66. The van der Waals surface area contributed by atoms with Gasteiger partial charge in [0.05, 0.1) is 11.3 Å². The number of ketones is 1. The molecular weight excluding hydrogens is 406 g/mol. The van der Waals surface area contributed by atoms with Gasteiger partial charge in [-0.2, -0.15) is 0 Å². The van der Waals surface area contributed by atoms with Crippen LogP contribution in [0.15, 0.2) is 73.5 Å². The molecule has 2 heterocycles. The van der Waals surface area contributed by atoms with Gasteiger partial charge in [-0.3, -0.25) is 4.79 Å². The van der Waals surface area contributed by atoms with Gasteiger partial charge in [-0.05, 0) is 42.7 Å². The average molecular weight is 422 g/mol. The van der Waals surface area contributed by atoms with Gasteiger partial charge in [-0.1, -0.05) is 40.2 Å². The fraction of sp³-hybridized carbons (Fsp3) is 0.182. The Morgan fingerprint density at radius 1 is 1.00 bits per heavy atom. The van der Waals surface area contributed by atoms with Gasteiger partial charge in [-0.15, -0.1) is 0 Å². The number of fused-ring (bicyclic) bond motifs is 3. The van der Waals surface area contributed by atoms with E-state index in [9.17, 15) is 9.59 Å². The van der Waals surface area contributed by atoms with E-state index < -0.39 is 11.5 Å². The van der Waals surface area contributed by atoms with Crippen LogP contribution >= 0.6 is 15.9 Å². The molecular formula is C22H16BrNO3. The van der Waals surface area contributed by atoms with Gasteiger partial charge in [0.15, 0.2) is 5.78 Å². The number of para-hydroxylation sites is 1. The first-order valence-corrected chi connectivity index (χ1v) is 9.77. The summed E-state index contributed by atoms with van der Waals surface area (Å²) < 4.78 is 6.57. The molecule has 1 N–H and O–H groups in total. The number of hydrogen-bond donors (Lipinski definition) is 1. The van der Waals surface area contributed by atoms with Crippen LogP contribution in [-0.2, 0) is 4.79 Å². The number of hydrogen-bond acceptors (Lipinski definition) is 4. The Kier molecular flexibility index (Phi) is 3.79. The third kappa shape index (κ3) is 2.57. The van der Waals surface area contributed by atoms with Gasteiger partial charge >= 0.3 is 5.63 Å². The normalized spacial score (nSPS) is 18.9. The quantitative estimate of drug-likeness (QED) is 0.553. The first kappa shape index (κ1) is 16.5. The minimum absolute atomic E-state index is 0.106. The van der Waals surface area contributed by atoms with E-state index >= 15 is 0 Å². The van der Waals surface area contributed by atoms with Crippen LogP contribution in [-0.4, -0.2) is 5.78 Å². The summed E-state index contributed by atoms with van der Waals surface area (Å²) >= 11 is 3.46. The monoisotopic (exact) mass is 421 g/mol. The standard InChI is InChI=1S/C22H16BrNO3/c23-13-10-8-12(9-11-13)18-19-15(5-3-6-16(19)25)24-21-14-4-1-2-7-17(14)27-22(26)20(18)21/h1-2,4,7-11,18,24H,3,5-6H2. The number of carbonyl (C=O) groups excluding carboxylic acids is 1. The van der Waals surface area contributed by atoms with Crippen molar-refractivity contribution in [2.24, 2.45) is 0 Å². The van der Waals surface area contributed by atoms with E-state index in [0.29, 0.717) is 23.1 Å². The zero-order chi connectivity index (χ0) is 18.5. The third-order valence-corrected chi connectivity index (χ3v) is 5.89. The van der Waals surface area contributed by atoms with Gasteiger partial charge in [0.1, 0.15) is 5.58 Å². The van der Waals surface area contributed by atoms with Crippen LogP contribution in [0.1, 0.15) is 36.3 Å². The molecule has 1 unspecified atom stereocenters. The van der Waals surface area contributed by atoms with Crippen LogP contribution in [0.5, 0.6) is 0 Å². The molecule has 1 atom stereocenters. The van der Waals surface area contributed by atoms with Crippen molar-refractivity contribution in [1.82, 2.24) is 0 Å². The number of allylic oxidation sites excluding steroid dienone is 2. The fourth-order valence-electron chi connectivity index (χ4n) is 4.17. The molecule has 0 spiro atoms. The number of anilines is 1. The van der Waals surface area contributed by atoms with E-state index in [1.165, 1.54) is 0 Å². The Morgan fingerprint density at radius 3 is 2.59 bits per heavy atom. The largest absolute Gasteiger partial charge is 0.422 e. The molecule has 2 aromatic carbocycles. The zero-order valence-corrected chi connectivity index (χ0v) is 16.0.